The number of hydrogen-bond donors (Lipinski definition) is 2. The fraction of sp³-hybridized carbons (Fsp3) is 0.261. The van der Waals surface area contributed by atoms with Gasteiger partial charge in [0.15, 0.2) is 0 Å². The van der Waals surface area contributed by atoms with Gasteiger partial charge in [-0.05, 0) is 17.7 Å². The van der Waals surface area contributed by atoms with E-state index in [1.807, 2.05) is 30.3 Å². The van der Waals surface area contributed by atoms with E-state index < -0.39 is 11.9 Å². The van der Waals surface area contributed by atoms with Crippen LogP contribution in [0.2, 0.25) is 0 Å². The van der Waals surface area contributed by atoms with Crippen LogP contribution in [0.25, 0.3) is 0 Å². The summed E-state index contributed by atoms with van der Waals surface area (Å²) in [5.74, 6) is 0.134. The van der Waals surface area contributed by atoms with Crippen LogP contribution in [0.4, 0.5) is 0 Å². The van der Waals surface area contributed by atoms with Crippen LogP contribution in [0.15, 0.2) is 77.8 Å². The van der Waals surface area contributed by atoms with Crippen molar-refractivity contribution in [1.82, 2.24) is 4.90 Å². The van der Waals surface area contributed by atoms with Crippen molar-refractivity contribution in [1.29, 1.82) is 0 Å². The average molecular weight is 410 g/mol. The van der Waals surface area contributed by atoms with E-state index in [-0.39, 0.29) is 0 Å². The summed E-state index contributed by atoms with van der Waals surface area (Å²) in [5, 5.41) is 15.6. The predicted octanol–water partition coefficient (Wildman–Crippen LogP) is 3.30. The zero-order valence-corrected chi connectivity index (χ0v) is 16.8. The van der Waals surface area contributed by atoms with E-state index >= 15 is 0 Å². The summed E-state index contributed by atoms with van der Waals surface area (Å²) in [6, 6.07) is 20.6. The van der Waals surface area contributed by atoms with Gasteiger partial charge >= 0.3 is 11.9 Å². The summed E-state index contributed by atoms with van der Waals surface area (Å²) in [6.45, 7) is 2.37. The molecular weight excluding hydrogens is 384 g/mol. The molecule has 0 saturated carbocycles. The molecule has 30 heavy (non-hydrogen) atoms. The molecule has 1 saturated heterocycles. The zero-order chi connectivity index (χ0) is 21.8. The number of aliphatic imine (C=N–C) groups is 1. The van der Waals surface area contributed by atoms with Crippen molar-refractivity contribution >= 4 is 17.8 Å². The van der Waals surface area contributed by atoms with Crippen molar-refractivity contribution in [3.63, 3.8) is 0 Å². The van der Waals surface area contributed by atoms with Gasteiger partial charge in [0.05, 0.1) is 12.4 Å². The number of hydrogen-bond acceptors (Lipinski definition) is 4. The number of benzene rings is 2. The lowest BCUT2D eigenvalue weighted by Gasteiger charge is -2.12. The lowest BCUT2D eigenvalue weighted by atomic mass is 9.98. The Morgan fingerprint density at radius 1 is 1.03 bits per heavy atom. The van der Waals surface area contributed by atoms with Gasteiger partial charge in [-0.2, -0.15) is 0 Å². The largest absolute Gasteiger partial charge is 0.492 e. The molecule has 2 N–H and O–H groups in total. The molecule has 1 fully saturated rings. The number of likely N-dealkylation sites (tertiary alicyclic amines) is 1. The SMILES string of the molecule is CN1CC(c2ccccc2)CC1=NCCOc1ccccc1.O=C(O)/C=C/C(=O)O. The minimum absolute atomic E-state index is 0.556. The highest BCUT2D eigenvalue weighted by molar-refractivity contribution is 5.89. The number of amidine groups is 1. The van der Waals surface area contributed by atoms with Gasteiger partial charge in [0.25, 0.3) is 0 Å². The number of carboxylic acids is 2. The Morgan fingerprint density at radius 2 is 1.60 bits per heavy atom. The van der Waals surface area contributed by atoms with E-state index in [0.29, 0.717) is 31.2 Å². The molecule has 3 rings (SSSR count). The number of carboxylic acid groups (broad SMARTS) is 2. The summed E-state index contributed by atoms with van der Waals surface area (Å²) >= 11 is 0. The maximum atomic E-state index is 9.55. The first-order valence-electron chi connectivity index (χ1n) is 9.57. The van der Waals surface area contributed by atoms with Crippen molar-refractivity contribution in [2.24, 2.45) is 4.99 Å². The van der Waals surface area contributed by atoms with Gasteiger partial charge in [-0.3, -0.25) is 4.99 Å². The van der Waals surface area contributed by atoms with Crippen LogP contribution in [0.5, 0.6) is 5.75 Å². The van der Waals surface area contributed by atoms with Gasteiger partial charge < -0.3 is 19.8 Å². The number of para-hydroxylation sites is 1. The molecule has 0 amide bonds. The molecule has 7 nitrogen and oxygen atoms in total. The molecule has 0 aromatic heterocycles. The van der Waals surface area contributed by atoms with Gasteiger partial charge in [-0.25, -0.2) is 9.59 Å². The minimum Gasteiger partial charge on any atom is -0.492 e. The first-order valence-corrected chi connectivity index (χ1v) is 9.57. The molecule has 2 aromatic carbocycles. The molecule has 1 heterocycles. The molecule has 1 unspecified atom stereocenters. The first kappa shape index (κ1) is 22.7. The Morgan fingerprint density at radius 3 is 2.17 bits per heavy atom. The maximum absolute atomic E-state index is 9.55. The molecule has 0 spiro atoms. The van der Waals surface area contributed by atoms with Crippen molar-refractivity contribution in [3.05, 3.63) is 78.4 Å². The second kappa shape index (κ2) is 12.1. The molecule has 0 bridgehead atoms. The fourth-order valence-electron chi connectivity index (χ4n) is 3.01. The highest BCUT2D eigenvalue weighted by Gasteiger charge is 2.25. The Kier molecular flexibility index (Phi) is 9.12. The van der Waals surface area contributed by atoms with Gasteiger partial charge in [0.1, 0.15) is 12.4 Å². The number of aliphatic carboxylic acids is 2. The van der Waals surface area contributed by atoms with Crippen LogP contribution in [0, 0.1) is 0 Å². The topological polar surface area (TPSA) is 99.4 Å². The first-order chi connectivity index (χ1) is 14.5. The number of likely N-dealkylation sites (N-methyl/N-ethyl adjacent to an activating group) is 1. The van der Waals surface area contributed by atoms with Gasteiger partial charge in [-0.1, -0.05) is 48.5 Å². The van der Waals surface area contributed by atoms with E-state index in [1.165, 1.54) is 11.4 Å². The zero-order valence-electron chi connectivity index (χ0n) is 16.8. The highest BCUT2D eigenvalue weighted by Crippen LogP contribution is 2.27. The summed E-state index contributed by atoms with van der Waals surface area (Å²) in [5.41, 5.74) is 1.40. The van der Waals surface area contributed by atoms with E-state index in [2.05, 4.69) is 42.3 Å². The van der Waals surface area contributed by atoms with Crippen molar-refractivity contribution < 1.29 is 24.5 Å². The molecular formula is C23H26N2O5. The minimum atomic E-state index is -1.26. The Bertz CT molecular complexity index is 850. The third kappa shape index (κ3) is 8.18. The van der Waals surface area contributed by atoms with Gasteiger partial charge in [0.2, 0.25) is 0 Å². The summed E-state index contributed by atoms with van der Waals surface area (Å²) in [7, 11) is 2.12. The highest BCUT2D eigenvalue weighted by atomic mass is 16.5. The fourth-order valence-corrected chi connectivity index (χ4v) is 3.01. The predicted molar refractivity (Wildman–Crippen MR) is 115 cm³/mol. The van der Waals surface area contributed by atoms with E-state index in [9.17, 15) is 9.59 Å². The van der Waals surface area contributed by atoms with Crippen LogP contribution in [-0.4, -0.2) is 59.6 Å². The third-order valence-electron chi connectivity index (χ3n) is 4.40. The molecule has 1 aliphatic heterocycles. The Balaban J connectivity index is 0.000000343. The standard InChI is InChI=1S/C19H22N2O.C4H4O4/c1-21-15-17(16-8-4-2-5-9-16)14-19(21)20-12-13-22-18-10-6-3-7-11-18;5-3(6)1-2-4(7)8/h2-11,17H,12-15H2,1H3;1-2H,(H,5,6)(H,7,8)/b;2-1+. The van der Waals surface area contributed by atoms with Gasteiger partial charge in [0, 0.05) is 38.1 Å². The van der Waals surface area contributed by atoms with Crippen molar-refractivity contribution in [2.45, 2.75) is 12.3 Å². The van der Waals surface area contributed by atoms with Crippen LogP contribution in [0.3, 0.4) is 0 Å². The maximum Gasteiger partial charge on any atom is 0.328 e. The van der Waals surface area contributed by atoms with Crippen LogP contribution >= 0.6 is 0 Å². The molecule has 1 atom stereocenters. The smallest absolute Gasteiger partial charge is 0.328 e. The van der Waals surface area contributed by atoms with Crippen molar-refractivity contribution in [3.8, 4) is 5.75 Å². The summed E-state index contributed by atoms with van der Waals surface area (Å²) in [4.78, 5) is 26.1. The lowest BCUT2D eigenvalue weighted by Crippen LogP contribution is -2.20. The second-order valence-electron chi connectivity index (χ2n) is 6.66. The van der Waals surface area contributed by atoms with Crippen LogP contribution in [-0.2, 0) is 9.59 Å². The number of ether oxygens (including phenoxy) is 1. The molecule has 1 aliphatic rings. The molecule has 0 radical (unpaired) electrons. The van der Waals surface area contributed by atoms with Gasteiger partial charge in [-0.15, -0.1) is 0 Å². The number of rotatable bonds is 7. The average Bonchev–Trinajstić information content (AvgIpc) is 3.12. The van der Waals surface area contributed by atoms with Crippen molar-refractivity contribution in [2.75, 3.05) is 26.7 Å². The Hall–Kier alpha value is -3.61. The van der Waals surface area contributed by atoms with Crippen LogP contribution in [0.1, 0.15) is 17.9 Å². The Labute approximate surface area is 175 Å². The lowest BCUT2D eigenvalue weighted by molar-refractivity contribution is -0.134. The third-order valence-corrected chi connectivity index (χ3v) is 4.40. The van der Waals surface area contributed by atoms with E-state index in [0.717, 1.165) is 18.7 Å². The number of nitrogens with zero attached hydrogens (tertiary/aromatic N) is 2. The quantitative estimate of drug-likeness (QED) is 0.537. The molecule has 0 aliphatic carbocycles. The van der Waals surface area contributed by atoms with E-state index in [1.54, 1.807) is 0 Å². The van der Waals surface area contributed by atoms with E-state index in [4.69, 9.17) is 19.9 Å². The molecule has 7 heteroatoms. The molecule has 2 aromatic rings. The molecule has 158 valence electrons. The van der Waals surface area contributed by atoms with Crippen LogP contribution < -0.4 is 4.74 Å². The summed E-state index contributed by atoms with van der Waals surface area (Å²) < 4.78 is 5.69. The normalized spacial score (nSPS) is 16.9. The summed E-state index contributed by atoms with van der Waals surface area (Å²) in [6.07, 6.45) is 2.14. The monoisotopic (exact) mass is 410 g/mol. The number of carbonyl (C=O) groups is 2. The second-order valence-corrected chi connectivity index (χ2v) is 6.66.